The van der Waals surface area contributed by atoms with Crippen molar-refractivity contribution in [2.75, 3.05) is 0 Å². The molecule has 3 N–H and O–H groups in total. The van der Waals surface area contributed by atoms with Gasteiger partial charge in [-0.2, -0.15) is 0 Å². The van der Waals surface area contributed by atoms with Crippen LogP contribution in [-0.2, 0) is 10.0 Å². The first-order chi connectivity index (χ1) is 6.73. The van der Waals surface area contributed by atoms with Crippen LogP contribution in [0.4, 0.5) is 8.78 Å². The van der Waals surface area contributed by atoms with E-state index < -0.39 is 32.8 Å². The molecule has 0 aliphatic rings. The number of aromatic nitrogens is 1. The number of pyridine rings is 1. The number of nitrogens with two attached hydrogens (primary N) is 1. The summed E-state index contributed by atoms with van der Waals surface area (Å²) in [7, 11) is -4.07. The van der Waals surface area contributed by atoms with Crippen LogP contribution in [-0.4, -0.2) is 18.5 Å². The fraction of sp³-hybridized carbons (Fsp3) is 0.167. The SMILES string of the molecule is NS(=O)(=O)c1cc(O)c(C(F)F)nc1I. The minimum absolute atomic E-state index is 0.205. The van der Waals surface area contributed by atoms with E-state index in [2.05, 4.69) is 4.98 Å². The Kier molecular flexibility index (Phi) is 3.45. The van der Waals surface area contributed by atoms with Crippen LogP contribution in [0.25, 0.3) is 0 Å². The van der Waals surface area contributed by atoms with E-state index in [1.54, 1.807) is 0 Å². The van der Waals surface area contributed by atoms with Gasteiger partial charge in [0.1, 0.15) is 20.0 Å². The van der Waals surface area contributed by atoms with Crippen LogP contribution in [0, 0.1) is 3.70 Å². The number of rotatable bonds is 2. The third-order valence-corrected chi connectivity index (χ3v) is 3.58. The van der Waals surface area contributed by atoms with E-state index in [1.165, 1.54) is 22.6 Å². The highest BCUT2D eigenvalue weighted by Gasteiger charge is 2.21. The Bertz CT molecular complexity index is 491. The van der Waals surface area contributed by atoms with Crippen molar-refractivity contribution < 1.29 is 22.3 Å². The Morgan fingerprint density at radius 1 is 1.53 bits per heavy atom. The quantitative estimate of drug-likeness (QED) is 0.614. The average Bonchev–Trinajstić information content (AvgIpc) is 2.06. The van der Waals surface area contributed by atoms with E-state index in [4.69, 9.17) is 10.2 Å². The topological polar surface area (TPSA) is 93.3 Å². The molecule has 0 amide bonds. The number of aromatic hydroxyl groups is 1. The maximum Gasteiger partial charge on any atom is 0.284 e. The molecule has 0 saturated carbocycles. The zero-order valence-electron chi connectivity index (χ0n) is 6.99. The lowest BCUT2D eigenvalue weighted by Crippen LogP contribution is -2.15. The number of hydrogen-bond donors (Lipinski definition) is 2. The summed E-state index contributed by atoms with van der Waals surface area (Å²) in [5.74, 6) is -0.894. The van der Waals surface area contributed by atoms with E-state index in [-0.39, 0.29) is 3.70 Å². The van der Waals surface area contributed by atoms with Crippen LogP contribution in [0.15, 0.2) is 11.0 Å². The summed E-state index contributed by atoms with van der Waals surface area (Å²) in [4.78, 5) is 2.78. The van der Waals surface area contributed by atoms with Crippen molar-refractivity contribution >= 4 is 32.6 Å². The molecule has 9 heteroatoms. The Morgan fingerprint density at radius 3 is 2.47 bits per heavy atom. The van der Waals surface area contributed by atoms with Gasteiger partial charge in [-0.1, -0.05) is 0 Å². The molecule has 0 radical (unpaired) electrons. The number of sulfonamides is 1. The summed E-state index contributed by atoms with van der Waals surface area (Å²) in [5.41, 5.74) is -0.869. The van der Waals surface area contributed by atoms with Gasteiger partial charge in [0.25, 0.3) is 6.43 Å². The molecule has 0 bridgehead atoms. The fourth-order valence-corrected chi connectivity index (χ4v) is 2.73. The molecule has 0 aliphatic carbocycles. The molecule has 0 aliphatic heterocycles. The highest BCUT2D eigenvalue weighted by molar-refractivity contribution is 14.1. The third kappa shape index (κ3) is 2.72. The van der Waals surface area contributed by atoms with Gasteiger partial charge >= 0.3 is 0 Å². The Hall–Kier alpha value is -0.550. The molecule has 1 heterocycles. The number of nitrogens with zero attached hydrogens (tertiary/aromatic N) is 1. The second kappa shape index (κ2) is 4.14. The molecular formula is C6H5F2IN2O3S. The number of hydrogen-bond acceptors (Lipinski definition) is 4. The smallest absolute Gasteiger partial charge is 0.284 e. The van der Waals surface area contributed by atoms with Gasteiger partial charge in [-0.25, -0.2) is 27.3 Å². The molecule has 5 nitrogen and oxygen atoms in total. The van der Waals surface area contributed by atoms with E-state index in [0.29, 0.717) is 6.07 Å². The summed E-state index contributed by atoms with van der Waals surface area (Å²) in [6.45, 7) is 0. The summed E-state index contributed by atoms with van der Waals surface area (Å²) in [6, 6.07) is 0.658. The monoisotopic (exact) mass is 350 g/mol. The van der Waals surface area contributed by atoms with Gasteiger partial charge in [-0.3, -0.25) is 0 Å². The van der Waals surface area contributed by atoms with Gasteiger partial charge in [0.2, 0.25) is 10.0 Å². The van der Waals surface area contributed by atoms with Gasteiger partial charge < -0.3 is 5.11 Å². The Labute approximate surface area is 97.5 Å². The first-order valence-corrected chi connectivity index (χ1v) is 6.06. The lowest BCUT2D eigenvalue weighted by Gasteiger charge is -2.06. The predicted molar refractivity (Wildman–Crippen MR) is 54.9 cm³/mol. The molecule has 0 aromatic carbocycles. The average molecular weight is 350 g/mol. The fourth-order valence-electron chi connectivity index (χ4n) is 0.836. The van der Waals surface area contributed by atoms with Crippen molar-refractivity contribution in [2.24, 2.45) is 5.14 Å². The lowest BCUT2D eigenvalue weighted by atomic mass is 10.3. The zero-order valence-corrected chi connectivity index (χ0v) is 9.96. The normalized spacial score (nSPS) is 12.1. The van der Waals surface area contributed by atoms with Gasteiger partial charge in [0, 0.05) is 6.07 Å². The Morgan fingerprint density at radius 2 is 2.07 bits per heavy atom. The van der Waals surface area contributed by atoms with Crippen molar-refractivity contribution in [3.63, 3.8) is 0 Å². The van der Waals surface area contributed by atoms with Crippen LogP contribution in [0.3, 0.4) is 0 Å². The third-order valence-electron chi connectivity index (χ3n) is 1.47. The molecule has 1 rings (SSSR count). The van der Waals surface area contributed by atoms with Crippen LogP contribution >= 0.6 is 22.6 Å². The van der Waals surface area contributed by atoms with Crippen molar-refractivity contribution in [3.8, 4) is 5.75 Å². The molecule has 0 atom stereocenters. The molecule has 1 aromatic rings. The summed E-state index contributed by atoms with van der Waals surface area (Å²) >= 11 is 1.45. The van der Waals surface area contributed by atoms with Crippen molar-refractivity contribution in [2.45, 2.75) is 11.3 Å². The van der Waals surface area contributed by atoms with E-state index >= 15 is 0 Å². The van der Waals surface area contributed by atoms with Gasteiger partial charge in [-0.05, 0) is 22.6 Å². The number of halogens is 3. The molecule has 1 aromatic heterocycles. The molecule has 0 saturated heterocycles. The molecule has 0 fully saturated rings. The highest BCUT2D eigenvalue weighted by atomic mass is 127. The molecule has 0 spiro atoms. The van der Waals surface area contributed by atoms with E-state index in [1.807, 2.05) is 0 Å². The van der Waals surface area contributed by atoms with E-state index in [9.17, 15) is 17.2 Å². The zero-order chi connectivity index (χ0) is 11.8. The van der Waals surface area contributed by atoms with Crippen LogP contribution in [0.2, 0.25) is 0 Å². The Balaban J connectivity index is 3.46. The second-order valence-corrected chi connectivity index (χ2v) is 5.08. The summed E-state index contributed by atoms with van der Waals surface area (Å²) < 4.78 is 46.1. The van der Waals surface area contributed by atoms with Gasteiger partial charge in [0.15, 0.2) is 0 Å². The van der Waals surface area contributed by atoms with Crippen LogP contribution in [0.1, 0.15) is 12.1 Å². The van der Waals surface area contributed by atoms with Gasteiger partial charge in [0.05, 0.1) is 0 Å². The lowest BCUT2D eigenvalue weighted by molar-refractivity contribution is 0.141. The molecule has 15 heavy (non-hydrogen) atoms. The molecule has 0 unspecified atom stereocenters. The van der Waals surface area contributed by atoms with E-state index in [0.717, 1.165) is 0 Å². The maximum atomic E-state index is 12.2. The predicted octanol–water partition coefficient (Wildman–Crippen LogP) is 0.977. The van der Waals surface area contributed by atoms with Crippen LogP contribution in [0.5, 0.6) is 5.75 Å². The van der Waals surface area contributed by atoms with Crippen molar-refractivity contribution in [1.82, 2.24) is 4.98 Å². The second-order valence-electron chi connectivity index (χ2n) is 2.53. The molecule has 84 valence electrons. The van der Waals surface area contributed by atoms with Gasteiger partial charge in [-0.15, -0.1) is 0 Å². The summed E-state index contributed by atoms with van der Waals surface area (Å²) in [5, 5.41) is 13.9. The van der Waals surface area contributed by atoms with Crippen molar-refractivity contribution in [3.05, 3.63) is 15.5 Å². The summed E-state index contributed by atoms with van der Waals surface area (Å²) in [6.07, 6.45) is -2.98. The standard InChI is InChI=1S/C6H5F2IN2O3S/c7-5(8)4-2(12)1-3(6(9)11-4)15(10,13)14/h1,5,12H,(H2,10,13,14). The largest absolute Gasteiger partial charge is 0.506 e. The minimum atomic E-state index is -4.07. The molecular weight excluding hydrogens is 345 g/mol. The maximum absolute atomic E-state index is 12.2. The van der Waals surface area contributed by atoms with Crippen molar-refractivity contribution in [1.29, 1.82) is 0 Å². The minimum Gasteiger partial charge on any atom is -0.506 e. The number of primary sulfonamides is 1. The highest BCUT2D eigenvalue weighted by Crippen LogP contribution is 2.29. The number of alkyl halides is 2. The first-order valence-electron chi connectivity index (χ1n) is 3.44. The van der Waals surface area contributed by atoms with Crippen LogP contribution < -0.4 is 5.14 Å². The first kappa shape index (κ1) is 12.5.